The third-order valence-corrected chi connectivity index (χ3v) is 23.1. The van der Waals surface area contributed by atoms with Gasteiger partial charge in [0.25, 0.3) is 0 Å². The molecule has 458 valence electrons. The van der Waals surface area contributed by atoms with Crippen molar-refractivity contribution in [1.82, 2.24) is 13.3 Å². The molecule has 2 aromatic heterocycles. The molecule has 99 heavy (non-hydrogen) atoms. The van der Waals surface area contributed by atoms with Gasteiger partial charge >= 0.3 is 0 Å². The number of aromatic nitrogens is 3. The molecule has 22 rings (SSSR count). The van der Waals surface area contributed by atoms with Gasteiger partial charge in [-0.25, -0.2) is 0 Å². The maximum atomic E-state index is 5.27. The number of anilines is 3. The van der Waals surface area contributed by atoms with E-state index in [1.54, 1.807) is 0 Å². The first-order valence-electron chi connectivity index (χ1n) is 34.2. The van der Waals surface area contributed by atoms with Crippen molar-refractivity contribution >= 4 is 83.2 Å². The number of benzene rings is 16. The molecule has 0 aliphatic heterocycles. The molecule has 4 aliphatic rings. The van der Waals surface area contributed by atoms with E-state index in [-0.39, 0.29) is 0 Å². The predicted molar refractivity (Wildman–Crippen MR) is 410 cm³/mol. The fourth-order valence-electron chi connectivity index (χ4n) is 18.5. The summed E-state index contributed by atoms with van der Waals surface area (Å²) >= 11 is 1.27. The Hall–Kier alpha value is -12.5. The Kier molecular flexibility index (Phi) is 11.3. The zero-order valence-corrected chi connectivity index (χ0v) is 54.3. The van der Waals surface area contributed by atoms with Crippen molar-refractivity contribution in [3.05, 3.63) is 384 Å². The number of hydrogen-bond acceptors (Lipinski definition) is 4. The summed E-state index contributed by atoms with van der Waals surface area (Å²) in [5, 5.41) is 7.31. The third kappa shape index (κ3) is 7.36. The van der Waals surface area contributed by atoms with Crippen LogP contribution in [0.4, 0.5) is 17.1 Å². The van der Waals surface area contributed by atoms with E-state index in [0.29, 0.717) is 0 Å². The molecule has 2 spiro atoms. The predicted octanol–water partition coefficient (Wildman–Crippen LogP) is 24.3. The van der Waals surface area contributed by atoms with Crippen LogP contribution >= 0.6 is 11.7 Å². The van der Waals surface area contributed by atoms with Crippen LogP contribution in [0.15, 0.2) is 340 Å². The summed E-state index contributed by atoms with van der Waals surface area (Å²) in [5.74, 6) is 0. The topological polar surface area (TPSA) is 34.0 Å². The van der Waals surface area contributed by atoms with Gasteiger partial charge in [-0.2, -0.15) is 8.75 Å². The Bertz CT molecular complexity index is 6140. The van der Waals surface area contributed by atoms with Crippen molar-refractivity contribution in [2.24, 2.45) is 0 Å². The summed E-state index contributed by atoms with van der Waals surface area (Å²) < 4.78 is 13.0. The van der Waals surface area contributed by atoms with Crippen LogP contribution in [0, 0.1) is 0 Å². The second-order valence-corrected chi connectivity index (χ2v) is 27.6. The van der Waals surface area contributed by atoms with Gasteiger partial charge in [-0.3, -0.25) is 0 Å². The quantitative estimate of drug-likeness (QED) is 0.149. The lowest BCUT2D eigenvalue weighted by atomic mass is 9.70. The van der Waals surface area contributed by atoms with E-state index in [9.17, 15) is 0 Å². The van der Waals surface area contributed by atoms with Crippen LogP contribution in [0.3, 0.4) is 0 Å². The first-order valence-corrected chi connectivity index (χ1v) is 34.9. The minimum absolute atomic E-state index is 0.438. The van der Waals surface area contributed by atoms with Crippen LogP contribution in [-0.4, -0.2) is 13.3 Å². The summed E-state index contributed by atoms with van der Waals surface area (Å²) in [6, 6.07) is 127. The average molecular weight is 1270 g/mol. The largest absolute Gasteiger partial charge is 0.309 e. The lowest BCUT2D eigenvalue weighted by Crippen LogP contribution is -2.25. The number of nitrogens with zero attached hydrogens (tertiary/aromatic N) is 4. The number of rotatable bonds is 7. The first kappa shape index (κ1) is 54.7. The van der Waals surface area contributed by atoms with Crippen molar-refractivity contribution in [2.45, 2.75) is 10.8 Å². The Labute approximate surface area is 576 Å². The molecule has 0 unspecified atom stereocenters. The van der Waals surface area contributed by atoms with Crippen LogP contribution < -0.4 is 4.90 Å². The highest BCUT2D eigenvalue weighted by atomic mass is 32.1. The Morgan fingerprint density at radius 1 is 0.263 bits per heavy atom. The van der Waals surface area contributed by atoms with E-state index in [1.807, 2.05) is 0 Å². The standard InChI is InChI=1S/C94H56N4S/c1-2-19-66-59(18-1)36-37-60-42-49-65(56-78(60)66)98-87-34-16-9-26-77(87)90-75(27-17-35-88(90)98)76-52-53-89(92-91(76)95-99-96-92)97(63-45-38-57(39-46-63)61-43-50-73-71-24-7-14-32-83(71)93(85(73)54-61)79-28-10-3-20-67(79)68-21-4-11-29-80(68)93)64-47-40-58(41-48-64)62-44-51-74-72-25-8-15-33-84(72)94(86(74)55-62)81-30-12-5-22-69(81)70-23-6-13-31-82(70)94/h1-56H. The number of para-hydroxylation sites is 1. The summed E-state index contributed by atoms with van der Waals surface area (Å²) in [4.78, 5) is 2.39. The molecule has 16 aromatic carbocycles. The molecule has 0 N–H and O–H groups in total. The van der Waals surface area contributed by atoms with Crippen LogP contribution in [-0.2, 0) is 10.8 Å². The molecule has 0 saturated heterocycles. The van der Waals surface area contributed by atoms with Crippen molar-refractivity contribution in [3.8, 4) is 83.6 Å². The van der Waals surface area contributed by atoms with E-state index < -0.39 is 10.8 Å². The molecule has 2 heterocycles. The van der Waals surface area contributed by atoms with Gasteiger partial charge in [0, 0.05) is 33.4 Å². The smallest absolute Gasteiger partial charge is 0.129 e. The second-order valence-electron chi connectivity index (χ2n) is 27.1. The molecule has 4 aliphatic carbocycles. The monoisotopic (exact) mass is 1270 g/mol. The SMILES string of the molecule is c1ccc2c(c1)-c1ccccc1C21c2ccccc2-c2ccc(-c3ccc(N(c4ccc(-c5ccc6c(c5)C5(c7ccccc7-c7ccccc75)c5ccccc5-6)cc4)c4ccc(-c5cccc6c5c5ccccc5n6-c5ccc6ccc7ccccc7c6c5)c5nsnc45)cc3)cc21. The Balaban J connectivity index is 0.695. The van der Waals surface area contributed by atoms with Crippen molar-refractivity contribution in [3.63, 3.8) is 0 Å². The minimum Gasteiger partial charge on any atom is -0.309 e. The van der Waals surface area contributed by atoms with Crippen LogP contribution in [0.2, 0.25) is 0 Å². The van der Waals surface area contributed by atoms with Crippen LogP contribution in [0.1, 0.15) is 44.5 Å². The molecule has 0 bridgehead atoms. The van der Waals surface area contributed by atoms with Gasteiger partial charge in [0.1, 0.15) is 11.0 Å². The highest BCUT2D eigenvalue weighted by Gasteiger charge is 2.53. The molecule has 0 saturated carbocycles. The summed E-state index contributed by atoms with van der Waals surface area (Å²) in [6.45, 7) is 0. The molecule has 4 nitrogen and oxygen atoms in total. The highest BCUT2D eigenvalue weighted by molar-refractivity contribution is 7.00. The summed E-state index contributed by atoms with van der Waals surface area (Å²) in [5.41, 5.74) is 35.1. The lowest BCUT2D eigenvalue weighted by molar-refractivity contribution is 0.794. The Morgan fingerprint density at radius 3 is 1.18 bits per heavy atom. The molecule has 0 amide bonds. The maximum Gasteiger partial charge on any atom is 0.129 e. The first-order chi connectivity index (χ1) is 49.1. The summed E-state index contributed by atoms with van der Waals surface area (Å²) in [6.07, 6.45) is 0. The van der Waals surface area contributed by atoms with Gasteiger partial charge in [-0.05, 0) is 211 Å². The number of hydrogen-bond donors (Lipinski definition) is 0. The molecule has 18 aromatic rings. The fraction of sp³-hybridized carbons (Fsp3) is 0.0213. The van der Waals surface area contributed by atoms with Crippen LogP contribution in [0.25, 0.3) is 138 Å². The molecule has 0 radical (unpaired) electrons. The van der Waals surface area contributed by atoms with Crippen molar-refractivity contribution < 1.29 is 0 Å². The highest BCUT2D eigenvalue weighted by Crippen LogP contribution is 2.65. The summed E-state index contributed by atoms with van der Waals surface area (Å²) in [7, 11) is 0. The normalized spacial score (nSPS) is 13.6. The Morgan fingerprint density at radius 2 is 0.657 bits per heavy atom. The van der Waals surface area contributed by atoms with Gasteiger partial charge in [0.05, 0.1) is 39.3 Å². The van der Waals surface area contributed by atoms with Crippen molar-refractivity contribution in [1.29, 1.82) is 0 Å². The second kappa shape index (κ2) is 20.5. The molecular weight excluding hydrogens is 1220 g/mol. The minimum atomic E-state index is -0.438. The van der Waals surface area contributed by atoms with E-state index in [4.69, 9.17) is 8.75 Å². The molecule has 5 heteroatoms. The van der Waals surface area contributed by atoms with Gasteiger partial charge < -0.3 is 9.47 Å². The third-order valence-electron chi connectivity index (χ3n) is 22.5. The van der Waals surface area contributed by atoms with E-state index in [1.165, 1.54) is 144 Å². The van der Waals surface area contributed by atoms with Gasteiger partial charge in [0.2, 0.25) is 0 Å². The van der Waals surface area contributed by atoms with E-state index in [0.717, 1.165) is 67.1 Å². The number of fused-ring (bicyclic) bond motifs is 27. The van der Waals surface area contributed by atoms with Gasteiger partial charge in [0.15, 0.2) is 0 Å². The molecular formula is C94H56N4S. The maximum absolute atomic E-state index is 5.27. The van der Waals surface area contributed by atoms with Crippen LogP contribution in [0.5, 0.6) is 0 Å². The average Bonchev–Trinajstić information content (AvgIpc) is 1.52. The lowest BCUT2D eigenvalue weighted by Gasteiger charge is -2.30. The fourth-order valence-corrected chi connectivity index (χ4v) is 19.1. The van der Waals surface area contributed by atoms with Gasteiger partial charge in [-0.1, -0.05) is 267 Å². The zero-order valence-electron chi connectivity index (χ0n) is 53.5. The van der Waals surface area contributed by atoms with E-state index in [2.05, 4.69) is 349 Å². The van der Waals surface area contributed by atoms with Gasteiger partial charge in [-0.15, -0.1) is 0 Å². The van der Waals surface area contributed by atoms with Crippen molar-refractivity contribution in [2.75, 3.05) is 4.90 Å². The zero-order chi connectivity index (χ0) is 64.7. The van der Waals surface area contributed by atoms with E-state index >= 15 is 0 Å². The molecule has 0 atom stereocenters. The molecule has 0 fully saturated rings.